The first-order valence-corrected chi connectivity index (χ1v) is 16.7. The van der Waals surface area contributed by atoms with E-state index in [0.717, 1.165) is 56.6 Å². The number of carbonyl (C=O) groups is 1. The lowest BCUT2D eigenvalue weighted by molar-refractivity contribution is -0.119. The van der Waals surface area contributed by atoms with Crippen molar-refractivity contribution in [3.8, 4) is 6.07 Å². The second kappa shape index (κ2) is 16.4. The quantitative estimate of drug-likeness (QED) is 0.135. The molecule has 2 heterocycles. The van der Waals surface area contributed by atoms with Gasteiger partial charge < -0.3 is 25.8 Å². The molecule has 2 aromatic rings. The Morgan fingerprint density at radius 2 is 1.95 bits per heavy atom. The molecule has 0 spiro atoms. The number of H-pyrrole nitrogens is 1. The van der Waals surface area contributed by atoms with Crippen LogP contribution in [0.4, 0.5) is 11.5 Å². The average molecular weight is 591 g/mol. The lowest BCUT2D eigenvalue weighted by atomic mass is 9.94. The van der Waals surface area contributed by atoms with Crippen LogP contribution in [0.5, 0.6) is 0 Å². The van der Waals surface area contributed by atoms with Gasteiger partial charge in [0.25, 0.3) is 0 Å². The molecule has 42 heavy (non-hydrogen) atoms. The fraction of sp³-hybridized carbons (Fsp3) is 0.562. The van der Waals surface area contributed by atoms with Crippen molar-refractivity contribution in [2.45, 2.75) is 70.8 Å². The number of nitriles is 1. The van der Waals surface area contributed by atoms with Gasteiger partial charge in [0.2, 0.25) is 5.91 Å². The van der Waals surface area contributed by atoms with Gasteiger partial charge in [-0.05, 0) is 100 Å². The summed E-state index contributed by atoms with van der Waals surface area (Å²) >= 11 is 1.75. The third-order valence-corrected chi connectivity index (χ3v) is 8.98. The predicted molar refractivity (Wildman–Crippen MR) is 175 cm³/mol. The Morgan fingerprint density at radius 1 is 1.14 bits per heavy atom. The molecule has 9 nitrogen and oxygen atoms in total. The Labute approximate surface area is 255 Å². The van der Waals surface area contributed by atoms with E-state index in [1.807, 2.05) is 0 Å². The smallest absolute Gasteiger partial charge is 0.216 e. The minimum absolute atomic E-state index is 0.0527. The maximum absolute atomic E-state index is 11.5. The first kappa shape index (κ1) is 31.6. The zero-order valence-electron chi connectivity index (χ0n) is 25.2. The van der Waals surface area contributed by atoms with Crippen molar-refractivity contribution in [1.29, 1.82) is 5.26 Å². The van der Waals surface area contributed by atoms with Gasteiger partial charge in [-0.25, -0.2) is 9.98 Å². The van der Waals surface area contributed by atoms with Crippen LogP contribution in [0.15, 0.2) is 28.3 Å². The van der Waals surface area contributed by atoms with Gasteiger partial charge in [0, 0.05) is 43.7 Å². The number of piperidine rings is 1. The minimum atomic E-state index is 0.0527. The van der Waals surface area contributed by atoms with Gasteiger partial charge in [0.15, 0.2) is 0 Å². The van der Waals surface area contributed by atoms with Gasteiger partial charge in [0.1, 0.15) is 24.4 Å². The van der Waals surface area contributed by atoms with Crippen LogP contribution in [0.2, 0.25) is 0 Å². The largest absolute Gasteiger partial charge is 0.369 e. The van der Waals surface area contributed by atoms with Gasteiger partial charge >= 0.3 is 0 Å². The van der Waals surface area contributed by atoms with E-state index in [4.69, 9.17) is 4.99 Å². The molecule has 1 unspecified atom stereocenters. The number of hydrogen-bond acceptors (Lipinski definition) is 7. The van der Waals surface area contributed by atoms with Crippen molar-refractivity contribution >= 4 is 41.7 Å². The molecule has 0 saturated carbocycles. The molecule has 1 aromatic carbocycles. The second-order valence-electron chi connectivity index (χ2n) is 11.1. The number of nitrogens with zero attached hydrogens (tertiary/aromatic N) is 4. The van der Waals surface area contributed by atoms with Crippen molar-refractivity contribution < 1.29 is 4.79 Å². The number of aromatic amines is 1. The normalized spacial score (nSPS) is 16.0. The highest BCUT2D eigenvalue weighted by Crippen LogP contribution is 2.33. The van der Waals surface area contributed by atoms with E-state index in [-0.39, 0.29) is 5.91 Å². The number of aromatic nitrogens is 1. The van der Waals surface area contributed by atoms with E-state index in [9.17, 15) is 10.1 Å². The molecular formula is C32H46N8OS. The lowest BCUT2D eigenvalue weighted by Crippen LogP contribution is -2.41. The summed E-state index contributed by atoms with van der Waals surface area (Å²) in [4.78, 5) is 26.1. The molecule has 1 aliphatic carbocycles. The number of amides is 1. The third kappa shape index (κ3) is 8.39. The van der Waals surface area contributed by atoms with Crippen molar-refractivity contribution in [3.63, 3.8) is 0 Å². The average Bonchev–Trinajstić information content (AvgIpc) is 3.67. The van der Waals surface area contributed by atoms with Crippen LogP contribution in [0, 0.1) is 11.3 Å². The van der Waals surface area contributed by atoms with Crippen molar-refractivity contribution in [1.82, 2.24) is 20.5 Å². The Kier molecular flexibility index (Phi) is 12.3. The highest BCUT2D eigenvalue weighted by atomic mass is 32.2. The van der Waals surface area contributed by atoms with E-state index >= 15 is 0 Å². The zero-order valence-corrected chi connectivity index (χ0v) is 26.0. The van der Waals surface area contributed by atoms with Crippen molar-refractivity contribution in [2.75, 3.05) is 50.2 Å². The first-order chi connectivity index (χ1) is 20.5. The van der Waals surface area contributed by atoms with E-state index < -0.39 is 0 Å². The third-order valence-electron chi connectivity index (χ3n) is 8.37. The van der Waals surface area contributed by atoms with Gasteiger partial charge in [-0.1, -0.05) is 12.5 Å². The maximum atomic E-state index is 11.5. The molecule has 2 aliphatic rings. The molecule has 1 saturated heterocycles. The highest BCUT2D eigenvalue weighted by molar-refractivity contribution is 7.98. The number of thioether (sulfide) groups is 1. The van der Waals surface area contributed by atoms with Gasteiger partial charge in [-0.15, -0.1) is 0 Å². The number of aryl methyl sites for hydroxylation is 1. The van der Waals surface area contributed by atoms with E-state index in [1.165, 1.54) is 55.5 Å². The topological polar surface area (TPSA) is 121 Å². The molecule has 1 amide bonds. The fourth-order valence-electron chi connectivity index (χ4n) is 6.27. The van der Waals surface area contributed by atoms with Crippen LogP contribution >= 0.6 is 11.8 Å². The second-order valence-corrected chi connectivity index (χ2v) is 12.1. The Morgan fingerprint density at radius 3 is 2.69 bits per heavy atom. The summed E-state index contributed by atoms with van der Waals surface area (Å²) in [6.45, 7) is 9.46. The number of fused-ring (bicyclic) bond motifs is 1. The van der Waals surface area contributed by atoms with Crippen molar-refractivity contribution in [2.24, 2.45) is 9.98 Å². The molecule has 1 aliphatic heterocycles. The van der Waals surface area contributed by atoms with Crippen LogP contribution in [-0.2, 0) is 24.1 Å². The number of amidine groups is 1. The summed E-state index contributed by atoms with van der Waals surface area (Å²) in [5.74, 6) is 2.17. The van der Waals surface area contributed by atoms with Crippen molar-refractivity contribution in [3.05, 3.63) is 46.1 Å². The van der Waals surface area contributed by atoms with Crippen LogP contribution < -0.4 is 16.0 Å². The summed E-state index contributed by atoms with van der Waals surface area (Å²) in [6.07, 6.45) is 14.1. The molecule has 4 rings (SSSR count). The molecule has 1 atom stereocenters. The number of hydrogen-bond donors (Lipinski definition) is 4. The summed E-state index contributed by atoms with van der Waals surface area (Å²) < 4.78 is 0. The SMILES string of the molecule is C=Nc1[nH]cc(C#N)c1C(=NCNc1ccc(CCC(CCNC(C)=O)N2CCCCC2)c2c1CCC2)NCCSC. The van der Waals surface area contributed by atoms with E-state index in [2.05, 4.69) is 62.0 Å². The number of nitrogens with one attached hydrogen (secondary N) is 4. The van der Waals surface area contributed by atoms with E-state index in [1.54, 1.807) is 24.9 Å². The van der Waals surface area contributed by atoms with Crippen LogP contribution in [0.25, 0.3) is 0 Å². The molecule has 1 aromatic heterocycles. The standard InChI is InChI=1S/C32H46N8OS/c1-23(41)35-15-14-26(40-17-5-4-6-18-40)12-10-24-11-13-29(28-9-7-8-27(24)28)38-22-39-32(36-16-19-42-3)30-25(20-33)21-37-31(30)34-2/h11,13,21,26,37-38H,2,4-10,12,14-19,22H2,1,3H3,(H,35,41)(H,36,39). The number of benzene rings is 1. The van der Waals surface area contributed by atoms with Gasteiger partial charge in [-0.2, -0.15) is 17.0 Å². The molecular weight excluding hydrogens is 544 g/mol. The Hall–Kier alpha value is -3.29. The fourth-order valence-corrected chi connectivity index (χ4v) is 6.58. The number of anilines is 1. The Balaban J connectivity index is 1.46. The minimum Gasteiger partial charge on any atom is -0.369 e. The first-order valence-electron chi connectivity index (χ1n) is 15.3. The van der Waals surface area contributed by atoms with Crippen LogP contribution in [-0.4, -0.2) is 79.2 Å². The molecule has 10 heteroatoms. The summed E-state index contributed by atoms with van der Waals surface area (Å²) in [6, 6.07) is 7.26. The van der Waals surface area contributed by atoms with Gasteiger partial charge in [0.05, 0.1) is 11.1 Å². The summed E-state index contributed by atoms with van der Waals surface area (Å²) in [7, 11) is 0. The maximum Gasteiger partial charge on any atom is 0.216 e. The molecule has 0 bridgehead atoms. The highest BCUT2D eigenvalue weighted by Gasteiger charge is 2.23. The summed E-state index contributed by atoms with van der Waals surface area (Å²) in [5.41, 5.74) is 6.69. The van der Waals surface area contributed by atoms with Crippen LogP contribution in [0.1, 0.15) is 73.3 Å². The lowest BCUT2D eigenvalue weighted by Gasteiger charge is -2.35. The monoisotopic (exact) mass is 590 g/mol. The molecule has 226 valence electrons. The summed E-state index contributed by atoms with van der Waals surface area (Å²) in [5, 5.41) is 19.6. The number of aliphatic imine (C=N–C) groups is 2. The predicted octanol–water partition coefficient (Wildman–Crippen LogP) is 4.79. The number of carbonyl (C=O) groups excluding carboxylic acids is 1. The number of likely N-dealkylation sites (tertiary alicyclic amines) is 1. The Bertz CT molecular complexity index is 1270. The molecule has 1 fully saturated rings. The number of rotatable bonds is 15. The molecule has 4 N–H and O–H groups in total. The zero-order chi connectivity index (χ0) is 29.7. The molecule has 0 radical (unpaired) electrons. The van der Waals surface area contributed by atoms with Crippen LogP contribution in [0.3, 0.4) is 0 Å². The van der Waals surface area contributed by atoms with E-state index in [0.29, 0.717) is 35.5 Å². The van der Waals surface area contributed by atoms with Gasteiger partial charge in [-0.3, -0.25) is 4.79 Å².